The lowest BCUT2D eigenvalue weighted by Crippen LogP contribution is -2.22. The van der Waals surface area contributed by atoms with Crippen molar-refractivity contribution in [3.8, 4) is 11.5 Å². The molecule has 1 aromatic heterocycles. The SMILES string of the molecule is Cc1cc(N)nc(S[C@H](C)C(=O)Nc2ccc3c(c2)OCO3)n1. The lowest BCUT2D eigenvalue weighted by atomic mass is 10.2. The van der Waals surface area contributed by atoms with E-state index in [1.807, 2.05) is 6.92 Å². The van der Waals surface area contributed by atoms with Crippen molar-refractivity contribution >= 4 is 29.2 Å². The summed E-state index contributed by atoms with van der Waals surface area (Å²) in [6.07, 6.45) is 0. The number of nitrogens with zero attached hydrogens (tertiary/aromatic N) is 2. The van der Waals surface area contributed by atoms with Gasteiger partial charge in [0.15, 0.2) is 16.7 Å². The van der Waals surface area contributed by atoms with Crippen molar-refractivity contribution in [3.63, 3.8) is 0 Å². The van der Waals surface area contributed by atoms with Crippen LogP contribution in [0.5, 0.6) is 11.5 Å². The van der Waals surface area contributed by atoms with E-state index in [-0.39, 0.29) is 18.0 Å². The van der Waals surface area contributed by atoms with E-state index >= 15 is 0 Å². The highest BCUT2D eigenvalue weighted by Crippen LogP contribution is 2.34. The number of fused-ring (bicyclic) bond motifs is 1. The molecule has 0 bridgehead atoms. The third-order valence-electron chi connectivity index (χ3n) is 3.15. The summed E-state index contributed by atoms with van der Waals surface area (Å²) in [6.45, 7) is 3.82. The van der Waals surface area contributed by atoms with Crippen LogP contribution in [0.4, 0.5) is 11.5 Å². The van der Waals surface area contributed by atoms with Crippen molar-refractivity contribution in [1.29, 1.82) is 0 Å². The van der Waals surface area contributed by atoms with Crippen molar-refractivity contribution < 1.29 is 14.3 Å². The molecule has 0 radical (unpaired) electrons. The van der Waals surface area contributed by atoms with Gasteiger partial charge in [-0.3, -0.25) is 4.79 Å². The van der Waals surface area contributed by atoms with Crippen LogP contribution >= 0.6 is 11.8 Å². The zero-order valence-electron chi connectivity index (χ0n) is 12.7. The van der Waals surface area contributed by atoms with Crippen LogP contribution in [0.2, 0.25) is 0 Å². The number of ether oxygens (including phenoxy) is 2. The van der Waals surface area contributed by atoms with Crippen LogP contribution in [0.25, 0.3) is 0 Å². The predicted octanol–water partition coefficient (Wildman–Crippen LogP) is 2.22. The van der Waals surface area contributed by atoms with Crippen LogP contribution in [0.1, 0.15) is 12.6 Å². The Labute approximate surface area is 137 Å². The van der Waals surface area contributed by atoms with Gasteiger partial charge in [-0.15, -0.1) is 0 Å². The number of anilines is 2. The van der Waals surface area contributed by atoms with Gasteiger partial charge in [0.25, 0.3) is 0 Å². The van der Waals surface area contributed by atoms with Gasteiger partial charge >= 0.3 is 0 Å². The summed E-state index contributed by atoms with van der Waals surface area (Å²) in [5.41, 5.74) is 7.11. The highest BCUT2D eigenvalue weighted by molar-refractivity contribution is 8.00. The molecule has 1 aromatic carbocycles. The molecule has 1 atom stereocenters. The maximum atomic E-state index is 12.3. The Hall–Kier alpha value is -2.48. The van der Waals surface area contributed by atoms with Crippen molar-refractivity contribution in [1.82, 2.24) is 9.97 Å². The number of aromatic nitrogens is 2. The zero-order chi connectivity index (χ0) is 16.4. The van der Waals surface area contributed by atoms with Gasteiger partial charge in [0.2, 0.25) is 12.7 Å². The fourth-order valence-electron chi connectivity index (χ4n) is 2.05. The summed E-state index contributed by atoms with van der Waals surface area (Å²) in [7, 11) is 0. The van der Waals surface area contributed by atoms with Crippen LogP contribution in [-0.2, 0) is 4.79 Å². The topological polar surface area (TPSA) is 99.4 Å². The third-order valence-corrected chi connectivity index (χ3v) is 4.11. The highest BCUT2D eigenvalue weighted by Gasteiger charge is 2.19. The maximum absolute atomic E-state index is 12.3. The van der Waals surface area contributed by atoms with E-state index in [0.717, 1.165) is 5.69 Å². The van der Waals surface area contributed by atoms with Gasteiger partial charge in [0.05, 0.1) is 5.25 Å². The molecule has 0 spiro atoms. The molecule has 0 unspecified atom stereocenters. The summed E-state index contributed by atoms with van der Waals surface area (Å²) in [4.78, 5) is 20.7. The van der Waals surface area contributed by atoms with E-state index in [2.05, 4.69) is 15.3 Å². The number of thioether (sulfide) groups is 1. The molecule has 2 aromatic rings. The van der Waals surface area contributed by atoms with Gasteiger partial charge in [0.1, 0.15) is 5.82 Å². The number of hydrogen-bond acceptors (Lipinski definition) is 7. The molecule has 8 heteroatoms. The Morgan fingerprint density at radius 2 is 2.09 bits per heavy atom. The number of carbonyl (C=O) groups excluding carboxylic acids is 1. The first kappa shape index (κ1) is 15.4. The number of rotatable bonds is 4. The second kappa shape index (κ2) is 6.33. The normalized spacial score (nSPS) is 13.7. The standard InChI is InChI=1S/C15H16N4O3S/c1-8-5-13(16)19-15(17-8)23-9(2)14(20)18-10-3-4-11-12(6-10)22-7-21-11/h3-6,9H,7H2,1-2H3,(H,18,20)(H2,16,17,19)/t9-/m1/s1. The second-order valence-corrected chi connectivity index (χ2v) is 6.34. The van der Waals surface area contributed by atoms with Crippen molar-refractivity contribution in [3.05, 3.63) is 30.0 Å². The molecule has 1 aliphatic heterocycles. The van der Waals surface area contributed by atoms with Crippen LogP contribution in [0, 0.1) is 6.92 Å². The average molecular weight is 332 g/mol. The minimum Gasteiger partial charge on any atom is -0.454 e. The van der Waals surface area contributed by atoms with Crippen LogP contribution in [0.15, 0.2) is 29.4 Å². The van der Waals surface area contributed by atoms with Crippen LogP contribution < -0.4 is 20.5 Å². The summed E-state index contributed by atoms with van der Waals surface area (Å²) in [6, 6.07) is 6.95. The van der Waals surface area contributed by atoms with E-state index in [9.17, 15) is 4.79 Å². The van der Waals surface area contributed by atoms with Gasteiger partial charge < -0.3 is 20.5 Å². The number of hydrogen-bond donors (Lipinski definition) is 2. The largest absolute Gasteiger partial charge is 0.454 e. The second-order valence-electron chi connectivity index (χ2n) is 5.03. The van der Waals surface area contributed by atoms with Crippen molar-refractivity contribution in [2.24, 2.45) is 0 Å². The lowest BCUT2D eigenvalue weighted by molar-refractivity contribution is -0.115. The van der Waals surface area contributed by atoms with Gasteiger partial charge in [0, 0.05) is 23.5 Å². The highest BCUT2D eigenvalue weighted by atomic mass is 32.2. The van der Waals surface area contributed by atoms with Crippen LogP contribution in [-0.4, -0.2) is 27.9 Å². The smallest absolute Gasteiger partial charge is 0.237 e. The van der Waals surface area contributed by atoms with E-state index < -0.39 is 0 Å². The molecule has 2 heterocycles. The summed E-state index contributed by atoms with van der Waals surface area (Å²) < 4.78 is 10.5. The molecular formula is C15H16N4O3S. The molecular weight excluding hydrogens is 316 g/mol. The van der Waals surface area contributed by atoms with E-state index in [4.69, 9.17) is 15.2 Å². The molecule has 120 valence electrons. The van der Waals surface area contributed by atoms with E-state index in [1.165, 1.54) is 11.8 Å². The number of amides is 1. The number of aryl methyl sites for hydroxylation is 1. The maximum Gasteiger partial charge on any atom is 0.237 e. The molecule has 23 heavy (non-hydrogen) atoms. The molecule has 1 aliphatic rings. The zero-order valence-corrected chi connectivity index (χ0v) is 13.5. The quantitative estimate of drug-likeness (QED) is 0.654. The summed E-state index contributed by atoms with van der Waals surface area (Å²) in [5, 5.41) is 2.95. The van der Waals surface area contributed by atoms with Gasteiger partial charge in [-0.1, -0.05) is 11.8 Å². The Kier molecular flexibility index (Phi) is 4.24. The fourth-order valence-corrected chi connectivity index (χ4v) is 2.88. The first-order chi connectivity index (χ1) is 11.0. The number of benzene rings is 1. The van der Waals surface area contributed by atoms with E-state index in [1.54, 1.807) is 31.2 Å². The molecule has 7 nitrogen and oxygen atoms in total. The molecule has 0 aliphatic carbocycles. The third kappa shape index (κ3) is 3.65. The number of carbonyl (C=O) groups is 1. The van der Waals surface area contributed by atoms with Crippen LogP contribution in [0.3, 0.4) is 0 Å². The molecule has 1 amide bonds. The minimum absolute atomic E-state index is 0.155. The Balaban J connectivity index is 1.65. The first-order valence-corrected chi connectivity index (χ1v) is 7.87. The van der Waals surface area contributed by atoms with Gasteiger partial charge in [-0.2, -0.15) is 0 Å². The molecule has 0 fully saturated rings. The Morgan fingerprint density at radius 1 is 1.30 bits per heavy atom. The average Bonchev–Trinajstić information content (AvgIpc) is 2.93. The predicted molar refractivity (Wildman–Crippen MR) is 87.7 cm³/mol. The monoisotopic (exact) mass is 332 g/mol. The molecule has 0 saturated heterocycles. The first-order valence-electron chi connectivity index (χ1n) is 6.99. The Morgan fingerprint density at radius 3 is 2.87 bits per heavy atom. The number of nitrogens with two attached hydrogens (primary N) is 1. The Bertz CT molecular complexity index is 733. The molecule has 3 N–H and O–H groups in total. The molecule has 3 rings (SSSR count). The minimum atomic E-state index is -0.373. The van der Waals surface area contributed by atoms with E-state index in [0.29, 0.717) is 28.2 Å². The van der Waals surface area contributed by atoms with Crippen molar-refractivity contribution in [2.75, 3.05) is 17.8 Å². The van der Waals surface area contributed by atoms with Gasteiger partial charge in [-0.05, 0) is 26.0 Å². The molecule has 0 saturated carbocycles. The number of nitrogens with one attached hydrogen (secondary N) is 1. The van der Waals surface area contributed by atoms with Gasteiger partial charge in [-0.25, -0.2) is 9.97 Å². The van der Waals surface area contributed by atoms with Crippen molar-refractivity contribution in [2.45, 2.75) is 24.3 Å². The fraction of sp³-hybridized carbons (Fsp3) is 0.267. The summed E-state index contributed by atoms with van der Waals surface area (Å²) >= 11 is 1.25. The lowest BCUT2D eigenvalue weighted by Gasteiger charge is -2.12. The number of nitrogen functional groups attached to an aromatic ring is 1. The summed E-state index contributed by atoms with van der Waals surface area (Å²) in [5.74, 6) is 1.54.